The van der Waals surface area contributed by atoms with Crippen molar-refractivity contribution < 1.29 is 4.79 Å². The zero-order valence-electron chi connectivity index (χ0n) is 5.23. The first-order valence-electron chi connectivity index (χ1n) is 2.76. The molecule has 0 fully saturated rings. The highest BCUT2D eigenvalue weighted by Crippen LogP contribution is 2.13. The zero-order chi connectivity index (χ0) is 6.57. The van der Waals surface area contributed by atoms with Crippen molar-refractivity contribution in [1.82, 2.24) is 0 Å². The van der Waals surface area contributed by atoms with Crippen molar-refractivity contribution in [3.8, 4) is 0 Å². The molecule has 0 saturated heterocycles. The molecule has 0 aliphatic rings. The second kappa shape index (κ2) is 4.07. The zero-order valence-corrected chi connectivity index (χ0v) is 6.81. The van der Waals surface area contributed by atoms with Gasteiger partial charge < -0.3 is 4.79 Å². The highest BCUT2D eigenvalue weighted by atomic mass is 79.9. The molecule has 48 valence electrons. The first-order chi connectivity index (χ1) is 3.68. The van der Waals surface area contributed by atoms with Gasteiger partial charge in [-0.15, -0.1) is 0 Å². The molecular weight excluding hydrogens is 168 g/mol. The predicted molar refractivity (Wildman–Crippen MR) is 38.2 cm³/mol. The first-order valence-corrected chi connectivity index (χ1v) is 3.67. The van der Waals surface area contributed by atoms with E-state index in [4.69, 9.17) is 0 Å². The van der Waals surface area contributed by atoms with Gasteiger partial charge in [-0.2, -0.15) is 0 Å². The van der Waals surface area contributed by atoms with Crippen LogP contribution in [-0.4, -0.2) is 11.1 Å². The average molecular weight is 179 g/mol. The summed E-state index contributed by atoms with van der Waals surface area (Å²) in [4.78, 5) is 10.3. The molecule has 0 N–H and O–H groups in total. The van der Waals surface area contributed by atoms with Crippen LogP contribution in [0.3, 0.4) is 0 Å². The molecular formula is C6H11BrO. The van der Waals surface area contributed by atoms with Gasteiger partial charge >= 0.3 is 0 Å². The first kappa shape index (κ1) is 8.15. The lowest BCUT2D eigenvalue weighted by Crippen LogP contribution is -2.06. The minimum atomic E-state index is 0.361. The van der Waals surface area contributed by atoms with Crippen LogP contribution < -0.4 is 0 Å². The summed E-state index contributed by atoms with van der Waals surface area (Å²) in [5.74, 6) is 0.556. The van der Waals surface area contributed by atoms with E-state index in [9.17, 15) is 4.79 Å². The van der Waals surface area contributed by atoms with Gasteiger partial charge in [-0.25, -0.2) is 0 Å². The molecule has 0 aromatic carbocycles. The quantitative estimate of drug-likeness (QED) is 0.478. The third-order valence-electron chi connectivity index (χ3n) is 1.04. The second-order valence-corrected chi connectivity index (χ2v) is 3.34. The average Bonchev–Trinajstić information content (AvgIpc) is 1.67. The Hall–Kier alpha value is 0.150. The van der Waals surface area contributed by atoms with Crippen molar-refractivity contribution in [2.45, 2.75) is 25.1 Å². The Kier molecular flexibility index (Phi) is 4.15. The van der Waals surface area contributed by atoms with Crippen molar-refractivity contribution in [1.29, 1.82) is 0 Å². The summed E-state index contributed by atoms with van der Waals surface area (Å²) in [6, 6.07) is 0. The lowest BCUT2D eigenvalue weighted by Gasteiger charge is -2.07. The fourth-order valence-corrected chi connectivity index (χ4v) is 0.517. The van der Waals surface area contributed by atoms with Crippen LogP contribution in [0.2, 0.25) is 0 Å². The van der Waals surface area contributed by atoms with Gasteiger partial charge in [-0.3, -0.25) is 0 Å². The minimum Gasteiger partial charge on any atom is -0.303 e. The number of hydrogen-bond acceptors (Lipinski definition) is 1. The minimum absolute atomic E-state index is 0.361. The summed E-state index contributed by atoms with van der Waals surface area (Å²) in [6.45, 7) is 4.17. The molecule has 8 heavy (non-hydrogen) atoms. The Morgan fingerprint density at radius 2 is 2.12 bits per heavy atom. The number of carbonyl (C=O) groups is 1. The Labute approximate surface area is 58.6 Å². The molecule has 0 bridgehead atoms. The van der Waals surface area contributed by atoms with E-state index >= 15 is 0 Å². The Morgan fingerprint density at radius 1 is 1.62 bits per heavy atom. The van der Waals surface area contributed by atoms with Crippen LogP contribution in [-0.2, 0) is 4.79 Å². The van der Waals surface area contributed by atoms with E-state index in [2.05, 4.69) is 29.8 Å². The molecule has 0 saturated carbocycles. The SMILES string of the molecule is CC(C)C(Br)CC=O. The fraction of sp³-hybridized carbons (Fsp3) is 0.833. The van der Waals surface area contributed by atoms with Crippen molar-refractivity contribution >= 4 is 22.2 Å². The number of aldehydes is 1. The van der Waals surface area contributed by atoms with Gasteiger partial charge in [0.1, 0.15) is 6.29 Å². The largest absolute Gasteiger partial charge is 0.303 e. The summed E-state index contributed by atoms with van der Waals surface area (Å²) in [5, 5.41) is 0. The molecule has 0 aliphatic heterocycles. The number of carbonyl (C=O) groups excluding carboxylic acids is 1. The molecule has 0 aromatic heterocycles. The van der Waals surface area contributed by atoms with Crippen molar-refractivity contribution in [2.75, 3.05) is 0 Å². The molecule has 0 rings (SSSR count). The van der Waals surface area contributed by atoms with Gasteiger partial charge in [0.2, 0.25) is 0 Å². The lowest BCUT2D eigenvalue weighted by molar-refractivity contribution is -0.107. The summed E-state index contributed by atoms with van der Waals surface area (Å²) in [5.41, 5.74) is 0. The third kappa shape index (κ3) is 3.19. The predicted octanol–water partition coefficient (Wildman–Crippen LogP) is 1.99. The Morgan fingerprint density at radius 3 is 2.25 bits per heavy atom. The highest BCUT2D eigenvalue weighted by molar-refractivity contribution is 9.09. The van der Waals surface area contributed by atoms with Gasteiger partial charge in [0.15, 0.2) is 0 Å². The van der Waals surface area contributed by atoms with Gasteiger partial charge in [0.05, 0.1) is 0 Å². The van der Waals surface area contributed by atoms with E-state index in [0.29, 0.717) is 17.2 Å². The van der Waals surface area contributed by atoms with Crippen molar-refractivity contribution in [2.24, 2.45) is 5.92 Å². The number of alkyl halides is 1. The number of hydrogen-bond donors (Lipinski definition) is 0. The van der Waals surface area contributed by atoms with E-state index < -0.39 is 0 Å². The summed E-state index contributed by atoms with van der Waals surface area (Å²) in [6.07, 6.45) is 1.57. The molecule has 1 unspecified atom stereocenters. The maximum atomic E-state index is 9.89. The molecule has 0 radical (unpaired) electrons. The summed E-state index contributed by atoms with van der Waals surface area (Å²) >= 11 is 3.37. The molecule has 0 aromatic rings. The van der Waals surface area contributed by atoms with E-state index in [0.717, 1.165) is 6.29 Å². The van der Waals surface area contributed by atoms with Crippen LogP contribution in [0.4, 0.5) is 0 Å². The summed E-state index contributed by atoms with van der Waals surface area (Å²) in [7, 11) is 0. The second-order valence-electron chi connectivity index (χ2n) is 2.16. The fourth-order valence-electron chi connectivity index (χ4n) is 0.364. The van der Waals surface area contributed by atoms with Gasteiger partial charge in [-0.05, 0) is 5.92 Å². The highest BCUT2D eigenvalue weighted by Gasteiger charge is 2.06. The topological polar surface area (TPSA) is 17.1 Å². The monoisotopic (exact) mass is 178 g/mol. The number of halogens is 1. The maximum Gasteiger partial charge on any atom is 0.121 e. The van der Waals surface area contributed by atoms with E-state index in [1.807, 2.05) is 0 Å². The molecule has 1 nitrogen and oxygen atoms in total. The molecule has 1 atom stereocenters. The van der Waals surface area contributed by atoms with Crippen molar-refractivity contribution in [3.63, 3.8) is 0 Å². The maximum absolute atomic E-state index is 9.89. The Balaban J connectivity index is 3.30. The van der Waals surface area contributed by atoms with E-state index in [1.165, 1.54) is 0 Å². The van der Waals surface area contributed by atoms with Crippen LogP contribution in [0.5, 0.6) is 0 Å². The lowest BCUT2D eigenvalue weighted by atomic mass is 10.1. The third-order valence-corrected chi connectivity index (χ3v) is 2.48. The molecule has 2 heteroatoms. The number of rotatable bonds is 3. The Bertz CT molecular complexity index is 70.9. The van der Waals surface area contributed by atoms with Crippen molar-refractivity contribution in [3.05, 3.63) is 0 Å². The van der Waals surface area contributed by atoms with E-state index in [1.54, 1.807) is 0 Å². The van der Waals surface area contributed by atoms with Crippen LogP contribution >= 0.6 is 15.9 Å². The summed E-state index contributed by atoms with van der Waals surface area (Å²) < 4.78 is 0. The molecule has 0 spiro atoms. The molecule has 0 heterocycles. The smallest absolute Gasteiger partial charge is 0.121 e. The van der Waals surface area contributed by atoms with Crippen LogP contribution in [0.15, 0.2) is 0 Å². The van der Waals surface area contributed by atoms with Crippen LogP contribution in [0.1, 0.15) is 20.3 Å². The molecule has 0 aliphatic carbocycles. The van der Waals surface area contributed by atoms with E-state index in [-0.39, 0.29) is 0 Å². The van der Waals surface area contributed by atoms with Gasteiger partial charge in [0.25, 0.3) is 0 Å². The molecule has 0 amide bonds. The van der Waals surface area contributed by atoms with Gasteiger partial charge in [-0.1, -0.05) is 29.8 Å². The normalized spacial score (nSPS) is 14.0. The standard InChI is InChI=1S/C6H11BrO/c1-5(2)6(7)3-4-8/h4-6H,3H2,1-2H3. The van der Waals surface area contributed by atoms with Crippen LogP contribution in [0, 0.1) is 5.92 Å². The van der Waals surface area contributed by atoms with Crippen LogP contribution in [0.25, 0.3) is 0 Å². The van der Waals surface area contributed by atoms with Gasteiger partial charge in [0, 0.05) is 11.2 Å².